The summed E-state index contributed by atoms with van der Waals surface area (Å²) in [5, 5.41) is 4.79. The molecule has 4 nitrogen and oxygen atoms in total. The van der Waals surface area contributed by atoms with E-state index in [1.165, 1.54) is 0 Å². The van der Waals surface area contributed by atoms with E-state index in [0.717, 1.165) is 18.7 Å². The first-order valence-corrected chi connectivity index (χ1v) is 6.57. The van der Waals surface area contributed by atoms with Crippen LogP contribution in [-0.2, 0) is 13.2 Å². The van der Waals surface area contributed by atoms with Crippen molar-refractivity contribution in [3.8, 4) is 5.75 Å². The van der Waals surface area contributed by atoms with Gasteiger partial charge in [0.2, 0.25) is 0 Å². The minimum Gasteiger partial charge on any atom is -0.484 e. The standard InChI is InChI=1S/C14H18ClN3O/c1-17(2)8-9-18-14(15)13(10-16-18)19-11-12-6-4-3-5-7-12/h3-7,10H,8-9,11H2,1-2H3. The Morgan fingerprint density at radius 1 is 1.26 bits per heavy atom. The van der Waals surface area contributed by atoms with E-state index in [-0.39, 0.29) is 0 Å². The first-order valence-electron chi connectivity index (χ1n) is 6.19. The molecule has 0 aliphatic heterocycles. The van der Waals surface area contributed by atoms with Gasteiger partial charge in [0.1, 0.15) is 6.61 Å². The Bertz CT molecular complexity index is 511. The maximum absolute atomic E-state index is 6.23. The zero-order chi connectivity index (χ0) is 13.7. The molecule has 19 heavy (non-hydrogen) atoms. The average molecular weight is 280 g/mol. The van der Waals surface area contributed by atoms with Crippen molar-refractivity contribution in [3.63, 3.8) is 0 Å². The lowest BCUT2D eigenvalue weighted by atomic mass is 10.2. The molecule has 0 N–H and O–H groups in total. The number of hydrogen-bond acceptors (Lipinski definition) is 3. The zero-order valence-electron chi connectivity index (χ0n) is 11.2. The second-order valence-electron chi connectivity index (χ2n) is 4.60. The summed E-state index contributed by atoms with van der Waals surface area (Å²) in [6.45, 7) is 2.14. The Kier molecular flexibility index (Phi) is 4.82. The van der Waals surface area contributed by atoms with Gasteiger partial charge >= 0.3 is 0 Å². The topological polar surface area (TPSA) is 30.3 Å². The second-order valence-corrected chi connectivity index (χ2v) is 4.96. The number of rotatable bonds is 6. The molecular weight excluding hydrogens is 262 g/mol. The highest BCUT2D eigenvalue weighted by molar-refractivity contribution is 6.31. The van der Waals surface area contributed by atoms with Gasteiger partial charge in [0.25, 0.3) is 0 Å². The molecule has 0 saturated heterocycles. The Labute approximate surface area is 118 Å². The maximum Gasteiger partial charge on any atom is 0.176 e. The summed E-state index contributed by atoms with van der Waals surface area (Å²) in [5.74, 6) is 0.629. The molecule has 0 saturated carbocycles. The molecule has 2 aromatic rings. The van der Waals surface area contributed by atoms with E-state index >= 15 is 0 Å². The number of hydrogen-bond donors (Lipinski definition) is 0. The SMILES string of the molecule is CN(C)CCn1ncc(OCc2ccccc2)c1Cl. The van der Waals surface area contributed by atoms with Gasteiger partial charge < -0.3 is 9.64 Å². The Morgan fingerprint density at radius 2 is 2.00 bits per heavy atom. The van der Waals surface area contributed by atoms with Crippen LogP contribution in [-0.4, -0.2) is 35.3 Å². The molecule has 0 fully saturated rings. The van der Waals surface area contributed by atoms with Crippen LogP contribution in [0, 0.1) is 0 Å². The predicted octanol–water partition coefficient (Wildman–Crippen LogP) is 2.68. The van der Waals surface area contributed by atoms with Gasteiger partial charge in [-0.25, -0.2) is 4.68 Å². The number of halogens is 1. The van der Waals surface area contributed by atoms with Crippen LogP contribution in [0.3, 0.4) is 0 Å². The van der Waals surface area contributed by atoms with Gasteiger partial charge in [-0.15, -0.1) is 0 Å². The molecule has 0 unspecified atom stereocenters. The predicted molar refractivity (Wildman–Crippen MR) is 76.6 cm³/mol. The average Bonchev–Trinajstić information content (AvgIpc) is 2.76. The van der Waals surface area contributed by atoms with Crippen LogP contribution in [0.1, 0.15) is 5.56 Å². The van der Waals surface area contributed by atoms with Crippen LogP contribution in [0.2, 0.25) is 5.15 Å². The molecule has 102 valence electrons. The summed E-state index contributed by atoms with van der Waals surface area (Å²) in [4.78, 5) is 2.09. The van der Waals surface area contributed by atoms with E-state index < -0.39 is 0 Å². The molecule has 0 aliphatic carbocycles. The van der Waals surface area contributed by atoms with Crippen LogP contribution in [0.4, 0.5) is 0 Å². The van der Waals surface area contributed by atoms with Crippen molar-refractivity contribution in [1.29, 1.82) is 0 Å². The quantitative estimate of drug-likeness (QED) is 0.814. The summed E-state index contributed by atoms with van der Waals surface area (Å²) < 4.78 is 7.43. The van der Waals surface area contributed by atoms with E-state index in [1.54, 1.807) is 10.9 Å². The van der Waals surface area contributed by atoms with E-state index in [0.29, 0.717) is 17.5 Å². The number of ether oxygens (including phenoxy) is 1. The van der Waals surface area contributed by atoms with Crippen LogP contribution in [0.15, 0.2) is 36.5 Å². The number of nitrogens with zero attached hydrogens (tertiary/aromatic N) is 3. The van der Waals surface area contributed by atoms with Crippen LogP contribution in [0.25, 0.3) is 0 Å². The zero-order valence-corrected chi connectivity index (χ0v) is 12.0. The monoisotopic (exact) mass is 279 g/mol. The highest BCUT2D eigenvalue weighted by atomic mass is 35.5. The first kappa shape index (κ1) is 13.9. The fourth-order valence-electron chi connectivity index (χ4n) is 1.64. The largest absolute Gasteiger partial charge is 0.484 e. The Hall–Kier alpha value is -1.52. The molecule has 1 aromatic heterocycles. The molecule has 5 heteroatoms. The molecule has 0 radical (unpaired) electrons. The Balaban J connectivity index is 1.94. The van der Waals surface area contributed by atoms with Gasteiger partial charge in [-0.05, 0) is 19.7 Å². The number of aromatic nitrogens is 2. The molecular formula is C14H18ClN3O. The summed E-state index contributed by atoms with van der Waals surface area (Å²) in [6.07, 6.45) is 1.67. The molecule has 0 atom stereocenters. The van der Waals surface area contributed by atoms with Crippen molar-refractivity contribution in [3.05, 3.63) is 47.2 Å². The third-order valence-electron chi connectivity index (χ3n) is 2.74. The van der Waals surface area contributed by atoms with Crippen LogP contribution in [0.5, 0.6) is 5.75 Å². The van der Waals surface area contributed by atoms with Gasteiger partial charge in [0, 0.05) is 6.54 Å². The highest BCUT2D eigenvalue weighted by Gasteiger charge is 2.09. The minimum atomic E-state index is 0.500. The lowest BCUT2D eigenvalue weighted by molar-refractivity contribution is 0.305. The van der Waals surface area contributed by atoms with Crippen molar-refractivity contribution in [2.75, 3.05) is 20.6 Å². The minimum absolute atomic E-state index is 0.500. The number of benzene rings is 1. The molecule has 1 heterocycles. The molecule has 0 amide bonds. The number of likely N-dealkylation sites (N-methyl/N-ethyl adjacent to an activating group) is 1. The maximum atomic E-state index is 6.23. The van der Waals surface area contributed by atoms with Crippen molar-refractivity contribution < 1.29 is 4.74 Å². The Morgan fingerprint density at radius 3 is 2.68 bits per heavy atom. The lowest BCUT2D eigenvalue weighted by Gasteiger charge is -2.10. The molecule has 0 spiro atoms. The normalized spacial score (nSPS) is 10.9. The van der Waals surface area contributed by atoms with E-state index in [4.69, 9.17) is 16.3 Å². The van der Waals surface area contributed by atoms with Crippen molar-refractivity contribution in [2.45, 2.75) is 13.2 Å². The summed E-state index contributed by atoms with van der Waals surface area (Å²) >= 11 is 6.23. The summed E-state index contributed by atoms with van der Waals surface area (Å²) in [7, 11) is 4.04. The fourth-order valence-corrected chi connectivity index (χ4v) is 1.87. The third-order valence-corrected chi connectivity index (χ3v) is 3.12. The van der Waals surface area contributed by atoms with E-state index in [1.807, 2.05) is 44.4 Å². The van der Waals surface area contributed by atoms with Gasteiger partial charge in [0.05, 0.1) is 12.7 Å². The van der Waals surface area contributed by atoms with Gasteiger partial charge in [-0.1, -0.05) is 41.9 Å². The van der Waals surface area contributed by atoms with Crippen molar-refractivity contribution in [1.82, 2.24) is 14.7 Å². The van der Waals surface area contributed by atoms with Crippen LogP contribution >= 0.6 is 11.6 Å². The van der Waals surface area contributed by atoms with Crippen molar-refractivity contribution >= 4 is 11.6 Å². The third kappa shape index (κ3) is 3.98. The highest BCUT2D eigenvalue weighted by Crippen LogP contribution is 2.24. The summed E-state index contributed by atoms with van der Waals surface area (Å²) in [6, 6.07) is 9.99. The molecule has 0 aliphatic rings. The molecule has 1 aromatic carbocycles. The van der Waals surface area contributed by atoms with Crippen molar-refractivity contribution in [2.24, 2.45) is 0 Å². The second kappa shape index (κ2) is 6.59. The molecule has 2 rings (SSSR count). The van der Waals surface area contributed by atoms with Crippen LogP contribution < -0.4 is 4.74 Å². The van der Waals surface area contributed by atoms with Gasteiger partial charge in [-0.2, -0.15) is 5.10 Å². The smallest absolute Gasteiger partial charge is 0.176 e. The van der Waals surface area contributed by atoms with Gasteiger partial charge in [0.15, 0.2) is 10.9 Å². The van der Waals surface area contributed by atoms with E-state index in [2.05, 4.69) is 10.00 Å². The van der Waals surface area contributed by atoms with E-state index in [9.17, 15) is 0 Å². The fraction of sp³-hybridized carbons (Fsp3) is 0.357. The van der Waals surface area contributed by atoms with Gasteiger partial charge in [-0.3, -0.25) is 0 Å². The first-order chi connectivity index (χ1) is 9.16. The molecule has 0 bridgehead atoms. The summed E-state index contributed by atoms with van der Waals surface area (Å²) in [5.41, 5.74) is 1.11. The lowest BCUT2D eigenvalue weighted by Crippen LogP contribution is -2.19.